The summed E-state index contributed by atoms with van der Waals surface area (Å²) in [6, 6.07) is 3.71. The highest BCUT2D eigenvalue weighted by molar-refractivity contribution is 5.72. The van der Waals surface area contributed by atoms with E-state index in [0.29, 0.717) is 38.3 Å². The predicted octanol–water partition coefficient (Wildman–Crippen LogP) is 3.74. The SMILES string of the molecule is CCCCOCc1ccc(C=O)n1CCCC(=O)OCCCC. The third kappa shape index (κ3) is 7.46. The van der Waals surface area contributed by atoms with Crippen molar-refractivity contribution in [2.24, 2.45) is 0 Å². The van der Waals surface area contributed by atoms with Gasteiger partial charge in [-0.05, 0) is 31.4 Å². The molecule has 5 heteroatoms. The third-order valence-electron chi connectivity index (χ3n) is 3.64. The van der Waals surface area contributed by atoms with Crippen LogP contribution in [0.5, 0.6) is 0 Å². The van der Waals surface area contributed by atoms with Gasteiger partial charge in [-0.1, -0.05) is 26.7 Å². The number of carbonyl (C=O) groups excluding carboxylic acids is 2. The summed E-state index contributed by atoms with van der Waals surface area (Å²) in [5.41, 5.74) is 1.60. The highest BCUT2D eigenvalue weighted by atomic mass is 16.5. The van der Waals surface area contributed by atoms with Gasteiger partial charge in [-0.3, -0.25) is 9.59 Å². The molecule has 0 saturated heterocycles. The zero-order valence-electron chi connectivity index (χ0n) is 14.4. The predicted molar refractivity (Wildman–Crippen MR) is 89.5 cm³/mol. The van der Waals surface area contributed by atoms with E-state index in [0.717, 1.165) is 44.3 Å². The van der Waals surface area contributed by atoms with Gasteiger partial charge >= 0.3 is 5.97 Å². The van der Waals surface area contributed by atoms with E-state index >= 15 is 0 Å². The molecule has 0 radical (unpaired) electrons. The molecular formula is C18H29NO4. The van der Waals surface area contributed by atoms with Crippen LogP contribution in [-0.2, 0) is 27.4 Å². The molecule has 0 aliphatic rings. The summed E-state index contributed by atoms with van der Waals surface area (Å²) in [6.45, 7) is 6.52. The monoisotopic (exact) mass is 323 g/mol. The topological polar surface area (TPSA) is 57.5 Å². The molecule has 0 spiro atoms. The Hall–Kier alpha value is -1.62. The molecule has 0 N–H and O–H groups in total. The van der Waals surface area contributed by atoms with Gasteiger partial charge in [0.15, 0.2) is 6.29 Å². The molecule has 0 unspecified atom stereocenters. The minimum atomic E-state index is -0.168. The van der Waals surface area contributed by atoms with Crippen molar-refractivity contribution >= 4 is 12.3 Å². The number of carbonyl (C=O) groups is 2. The average Bonchev–Trinajstić information content (AvgIpc) is 2.94. The van der Waals surface area contributed by atoms with Crippen LogP contribution in [0.2, 0.25) is 0 Å². The summed E-state index contributed by atoms with van der Waals surface area (Å²) in [5.74, 6) is -0.168. The average molecular weight is 323 g/mol. The van der Waals surface area contributed by atoms with E-state index in [4.69, 9.17) is 9.47 Å². The first-order valence-electron chi connectivity index (χ1n) is 8.59. The van der Waals surface area contributed by atoms with Crippen LogP contribution >= 0.6 is 0 Å². The number of nitrogens with zero attached hydrogens (tertiary/aromatic N) is 1. The minimum Gasteiger partial charge on any atom is -0.466 e. The molecule has 0 fully saturated rings. The molecule has 0 bridgehead atoms. The molecule has 0 atom stereocenters. The zero-order chi connectivity index (χ0) is 16.9. The first-order valence-corrected chi connectivity index (χ1v) is 8.59. The second kappa shape index (κ2) is 11.9. The Morgan fingerprint density at radius 2 is 1.87 bits per heavy atom. The fraction of sp³-hybridized carbons (Fsp3) is 0.667. The van der Waals surface area contributed by atoms with Gasteiger partial charge in [0.2, 0.25) is 0 Å². The summed E-state index contributed by atoms with van der Waals surface area (Å²) in [6.07, 6.45) is 5.91. The van der Waals surface area contributed by atoms with Crippen LogP contribution in [-0.4, -0.2) is 30.0 Å². The van der Waals surface area contributed by atoms with Crippen molar-refractivity contribution in [2.75, 3.05) is 13.2 Å². The lowest BCUT2D eigenvalue weighted by atomic mass is 10.3. The molecule has 0 aromatic carbocycles. The summed E-state index contributed by atoms with van der Waals surface area (Å²) < 4.78 is 12.7. The number of hydrogen-bond donors (Lipinski definition) is 0. The standard InChI is InChI=1S/C18H29NO4/c1-3-5-12-22-15-17-10-9-16(14-20)19(17)11-7-8-18(21)23-13-6-4-2/h9-10,14H,3-8,11-13,15H2,1-2H3. The number of hydrogen-bond acceptors (Lipinski definition) is 4. The fourth-order valence-corrected chi connectivity index (χ4v) is 2.24. The van der Waals surface area contributed by atoms with Gasteiger partial charge in [0, 0.05) is 25.3 Å². The molecule has 5 nitrogen and oxygen atoms in total. The molecular weight excluding hydrogens is 294 g/mol. The minimum absolute atomic E-state index is 0.168. The Morgan fingerprint density at radius 3 is 2.57 bits per heavy atom. The Morgan fingerprint density at radius 1 is 1.13 bits per heavy atom. The van der Waals surface area contributed by atoms with Crippen LogP contribution in [0.4, 0.5) is 0 Å². The van der Waals surface area contributed by atoms with Gasteiger partial charge in [0.25, 0.3) is 0 Å². The Balaban J connectivity index is 2.42. The summed E-state index contributed by atoms with van der Waals surface area (Å²) in [7, 11) is 0. The number of unbranched alkanes of at least 4 members (excludes halogenated alkanes) is 2. The van der Waals surface area contributed by atoms with Crippen molar-refractivity contribution < 1.29 is 19.1 Å². The molecule has 0 saturated carbocycles. The second-order valence-corrected chi connectivity index (χ2v) is 5.60. The van der Waals surface area contributed by atoms with E-state index < -0.39 is 0 Å². The number of rotatable bonds is 13. The third-order valence-corrected chi connectivity index (χ3v) is 3.64. The highest BCUT2D eigenvalue weighted by Gasteiger charge is 2.09. The first-order chi connectivity index (χ1) is 11.2. The van der Waals surface area contributed by atoms with Crippen molar-refractivity contribution in [1.82, 2.24) is 4.57 Å². The summed E-state index contributed by atoms with van der Waals surface area (Å²) in [5, 5.41) is 0. The van der Waals surface area contributed by atoms with E-state index in [1.165, 1.54) is 0 Å². The lowest BCUT2D eigenvalue weighted by Crippen LogP contribution is -2.11. The maximum atomic E-state index is 11.6. The van der Waals surface area contributed by atoms with E-state index in [1.807, 2.05) is 10.6 Å². The lowest BCUT2D eigenvalue weighted by molar-refractivity contribution is -0.143. The van der Waals surface area contributed by atoms with E-state index in [1.54, 1.807) is 6.07 Å². The molecule has 23 heavy (non-hydrogen) atoms. The number of ether oxygens (including phenoxy) is 2. The van der Waals surface area contributed by atoms with Crippen LogP contribution in [0.25, 0.3) is 0 Å². The van der Waals surface area contributed by atoms with Crippen molar-refractivity contribution in [1.29, 1.82) is 0 Å². The molecule has 0 aliphatic heterocycles. The van der Waals surface area contributed by atoms with Crippen molar-refractivity contribution in [3.63, 3.8) is 0 Å². The van der Waals surface area contributed by atoms with Gasteiger partial charge < -0.3 is 14.0 Å². The molecule has 130 valence electrons. The van der Waals surface area contributed by atoms with E-state index in [-0.39, 0.29) is 5.97 Å². The maximum absolute atomic E-state index is 11.6. The van der Waals surface area contributed by atoms with Crippen LogP contribution in [0.15, 0.2) is 12.1 Å². The van der Waals surface area contributed by atoms with Crippen LogP contribution in [0, 0.1) is 0 Å². The van der Waals surface area contributed by atoms with E-state index in [9.17, 15) is 9.59 Å². The number of aldehydes is 1. The zero-order valence-corrected chi connectivity index (χ0v) is 14.4. The van der Waals surface area contributed by atoms with Crippen molar-refractivity contribution in [3.05, 3.63) is 23.5 Å². The molecule has 1 aromatic heterocycles. The van der Waals surface area contributed by atoms with Gasteiger partial charge in [-0.2, -0.15) is 0 Å². The highest BCUT2D eigenvalue weighted by Crippen LogP contribution is 2.12. The largest absolute Gasteiger partial charge is 0.466 e. The Labute approximate surface area is 139 Å². The van der Waals surface area contributed by atoms with Gasteiger partial charge in [0.1, 0.15) is 0 Å². The normalized spacial score (nSPS) is 10.7. The van der Waals surface area contributed by atoms with Gasteiger partial charge in [-0.15, -0.1) is 0 Å². The van der Waals surface area contributed by atoms with Crippen LogP contribution < -0.4 is 0 Å². The first kappa shape index (κ1) is 19.4. The molecule has 0 amide bonds. The smallest absolute Gasteiger partial charge is 0.305 e. The summed E-state index contributed by atoms with van der Waals surface area (Å²) >= 11 is 0. The molecule has 1 aromatic rings. The van der Waals surface area contributed by atoms with Crippen LogP contribution in [0.1, 0.15) is 68.6 Å². The quantitative estimate of drug-likeness (QED) is 0.315. The Bertz CT molecular complexity index is 468. The fourth-order valence-electron chi connectivity index (χ4n) is 2.24. The Kier molecular flexibility index (Phi) is 10.0. The maximum Gasteiger partial charge on any atom is 0.305 e. The lowest BCUT2D eigenvalue weighted by Gasteiger charge is -2.11. The van der Waals surface area contributed by atoms with Crippen molar-refractivity contribution in [2.45, 2.75) is 65.5 Å². The van der Waals surface area contributed by atoms with E-state index in [2.05, 4.69) is 13.8 Å². The molecule has 0 aliphatic carbocycles. The van der Waals surface area contributed by atoms with Crippen molar-refractivity contribution in [3.8, 4) is 0 Å². The molecule has 1 rings (SSSR count). The molecule has 1 heterocycles. The number of esters is 1. The van der Waals surface area contributed by atoms with Crippen LogP contribution in [0.3, 0.4) is 0 Å². The van der Waals surface area contributed by atoms with Gasteiger partial charge in [0.05, 0.1) is 18.9 Å². The number of aromatic nitrogens is 1. The summed E-state index contributed by atoms with van der Waals surface area (Å²) in [4.78, 5) is 22.7. The van der Waals surface area contributed by atoms with Gasteiger partial charge in [-0.25, -0.2) is 0 Å². The second-order valence-electron chi connectivity index (χ2n) is 5.60.